The first-order valence-electron chi connectivity index (χ1n) is 4.70. The lowest BCUT2D eigenvalue weighted by Crippen LogP contribution is -2.30. The minimum atomic E-state index is -0.791. The number of thioether (sulfide) groups is 1. The second-order valence-corrected chi connectivity index (χ2v) is 6.41. The van der Waals surface area contributed by atoms with Gasteiger partial charge in [-0.05, 0) is 20.3 Å². The second-order valence-electron chi connectivity index (χ2n) is 3.48. The Kier molecular flexibility index (Phi) is 4.10. The topological polar surface area (TPSA) is 63.1 Å². The maximum Gasteiger partial charge on any atom is 0.319 e. The van der Waals surface area contributed by atoms with Crippen molar-refractivity contribution in [3.8, 4) is 0 Å². The van der Waals surface area contributed by atoms with Crippen LogP contribution in [-0.4, -0.2) is 26.0 Å². The molecule has 84 valence electrons. The first-order chi connectivity index (χ1) is 6.98. The number of aliphatic carboxylic acids is 1. The molecule has 0 spiro atoms. The normalized spacial score (nSPS) is 14.9. The molecule has 1 rings (SSSR count). The molecule has 6 heteroatoms. The number of hydrogen-bond donors (Lipinski definition) is 1. The van der Waals surface area contributed by atoms with E-state index in [1.807, 2.05) is 13.8 Å². The van der Waals surface area contributed by atoms with E-state index in [0.717, 1.165) is 15.8 Å². The molecule has 0 radical (unpaired) electrons. The lowest BCUT2D eigenvalue weighted by Gasteiger charge is -2.21. The van der Waals surface area contributed by atoms with E-state index in [4.69, 9.17) is 5.11 Å². The molecule has 0 aliphatic rings. The first kappa shape index (κ1) is 12.4. The number of carboxylic acid groups (broad SMARTS) is 1. The molecule has 1 atom stereocenters. The molecule has 0 amide bonds. The van der Waals surface area contributed by atoms with Crippen LogP contribution in [0.4, 0.5) is 0 Å². The number of carboxylic acids is 1. The highest BCUT2D eigenvalue weighted by molar-refractivity contribution is 8.03. The average molecular weight is 246 g/mol. The van der Waals surface area contributed by atoms with Crippen LogP contribution in [0.2, 0.25) is 0 Å². The van der Waals surface area contributed by atoms with Gasteiger partial charge in [0, 0.05) is 0 Å². The summed E-state index contributed by atoms with van der Waals surface area (Å²) in [5.41, 5.74) is 0. The molecule has 1 heterocycles. The van der Waals surface area contributed by atoms with Crippen LogP contribution >= 0.6 is 23.1 Å². The lowest BCUT2D eigenvalue weighted by atomic mass is 10.1. The molecule has 0 aliphatic heterocycles. The molecule has 15 heavy (non-hydrogen) atoms. The van der Waals surface area contributed by atoms with Gasteiger partial charge in [-0.15, -0.1) is 10.2 Å². The van der Waals surface area contributed by atoms with E-state index in [1.165, 1.54) is 23.1 Å². The molecule has 0 fully saturated rings. The third-order valence-electron chi connectivity index (χ3n) is 2.00. The van der Waals surface area contributed by atoms with Crippen LogP contribution in [0.5, 0.6) is 0 Å². The zero-order valence-corrected chi connectivity index (χ0v) is 10.6. The Hall–Kier alpha value is -0.620. The standard InChI is InChI=1S/C9H14N2O2S2/c1-4-5-9(3,7(12)13)15-8-11-10-6(2)14-8/h4-5H2,1-3H3,(H,12,13). The van der Waals surface area contributed by atoms with Crippen LogP contribution in [0.1, 0.15) is 31.7 Å². The van der Waals surface area contributed by atoms with Crippen molar-refractivity contribution in [3.63, 3.8) is 0 Å². The summed E-state index contributed by atoms with van der Waals surface area (Å²) in [6.07, 6.45) is 1.47. The molecular weight excluding hydrogens is 232 g/mol. The van der Waals surface area contributed by atoms with Gasteiger partial charge in [0.25, 0.3) is 0 Å². The third-order valence-corrected chi connectivity index (χ3v) is 4.22. The third kappa shape index (κ3) is 3.17. The number of nitrogens with zero attached hydrogens (tertiary/aromatic N) is 2. The Labute approximate surface area is 97.1 Å². The fourth-order valence-electron chi connectivity index (χ4n) is 1.19. The van der Waals surface area contributed by atoms with Crippen molar-refractivity contribution in [1.82, 2.24) is 10.2 Å². The van der Waals surface area contributed by atoms with Gasteiger partial charge in [0.15, 0.2) is 4.34 Å². The van der Waals surface area contributed by atoms with E-state index < -0.39 is 10.7 Å². The lowest BCUT2D eigenvalue weighted by molar-refractivity contribution is -0.139. The van der Waals surface area contributed by atoms with Gasteiger partial charge >= 0.3 is 5.97 Å². The zero-order valence-electron chi connectivity index (χ0n) is 8.98. The number of carbonyl (C=O) groups is 1. The summed E-state index contributed by atoms with van der Waals surface area (Å²) < 4.78 is -0.0633. The van der Waals surface area contributed by atoms with Gasteiger partial charge in [-0.3, -0.25) is 4.79 Å². The van der Waals surface area contributed by atoms with E-state index in [-0.39, 0.29) is 0 Å². The molecule has 1 unspecified atom stereocenters. The van der Waals surface area contributed by atoms with Crippen molar-refractivity contribution in [2.24, 2.45) is 0 Å². The predicted molar refractivity (Wildman–Crippen MR) is 61.5 cm³/mol. The second kappa shape index (κ2) is 4.94. The molecule has 0 saturated heterocycles. The number of hydrogen-bond acceptors (Lipinski definition) is 5. The van der Waals surface area contributed by atoms with E-state index in [0.29, 0.717) is 6.42 Å². The van der Waals surface area contributed by atoms with E-state index in [1.54, 1.807) is 6.92 Å². The number of rotatable bonds is 5. The van der Waals surface area contributed by atoms with E-state index >= 15 is 0 Å². The molecular formula is C9H14N2O2S2. The van der Waals surface area contributed by atoms with Crippen molar-refractivity contribution in [2.45, 2.75) is 42.7 Å². The zero-order chi connectivity index (χ0) is 11.5. The molecule has 0 saturated carbocycles. The van der Waals surface area contributed by atoms with E-state index in [9.17, 15) is 4.79 Å². The Morgan fingerprint density at radius 2 is 2.27 bits per heavy atom. The SMILES string of the molecule is CCCC(C)(Sc1nnc(C)s1)C(=O)O. The minimum absolute atomic E-state index is 0.631. The Bertz CT molecular complexity index is 354. The van der Waals surface area contributed by atoms with Crippen LogP contribution in [-0.2, 0) is 4.79 Å². The maximum absolute atomic E-state index is 11.2. The molecule has 1 N–H and O–H groups in total. The molecule has 0 bridgehead atoms. The van der Waals surface area contributed by atoms with E-state index in [2.05, 4.69) is 10.2 Å². The predicted octanol–water partition coefficient (Wildman–Crippen LogP) is 2.58. The first-order valence-corrected chi connectivity index (χ1v) is 6.34. The summed E-state index contributed by atoms with van der Waals surface area (Å²) in [5.74, 6) is -0.790. The van der Waals surface area contributed by atoms with Crippen molar-refractivity contribution in [2.75, 3.05) is 0 Å². The van der Waals surface area contributed by atoms with Crippen LogP contribution in [0.15, 0.2) is 4.34 Å². The summed E-state index contributed by atoms with van der Waals surface area (Å²) >= 11 is 2.73. The monoisotopic (exact) mass is 246 g/mol. The van der Waals surface area contributed by atoms with Crippen molar-refractivity contribution in [3.05, 3.63) is 5.01 Å². The van der Waals surface area contributed by atoms with Gasteiger partial charge in [-0.1, -0.05) is 36.4 Å². The molecule has 1 aromatic heterocycles. The highest BCUT2D eigenvalue weighted by atomic mass is 32.2. The summed E-state index contributed by atoms with van der Waals surface area (Å²) in [5, 5.41) is 17.8. The molecule has 1 aromatic rings. The van der Waals surface area contributed by atoms with Crippen LogP contribution < -0.4 is 0 Å². The van der Waals surface area contributed by atoms with Crippen LogP contribution in [0.25, 0.3) is 0 Å². The Balaban J connectivity index is 2.79. The maximum atomic E-state index is 11.2. The van der Waals surface area contributed by atoms with Crippen molar-refractivity contribution in [1.29, 1.82) is 0 Å². The molecule has 4 nitrogen and oxygen atoms in total. The quantitative estimate of drug-likeness (QED) is 0.809. The fourth-order valence-corrected chi connectivity index (χ4v) is 3.55. The largest absolute Gasteiger partial charge is 0.480 e. The van der Waals surface area contributed by atoms with Gasteiger partial charge in [-0.25, -0.2) is 0 Å². The van der Waals surface area contributed by atoms with Crippen molar-refractivity contribution >= 4 is 29.1 Å². The number of aryl methyl sites for hydroxylation is 1. The van der Waals surface area contributed by atoms with Crippen molar-refractivity contribution < 1.29 is 9.90 Å². The van der Waals surface area contributed by atoms with Gasteiger partial charge in [-0.2, -0.15) is 0 Å². The van der Waals surface area contributed by atoms with Gasteiger partial charge < -0.3 is 5.11 Å². The smallest absolute Gasteiger partial charge is 0.319 e. The fraction of sp³-hybridized carbons (Fsp3) is 0.667. The van der Waals surface area contributed by atoms with Crippen LogP contribution in [0.3, 0.4) is 0 Å². The average Bonchev–Trinajstić information content (AvgIpc) is 2.51. The summed E-state index contributed by atoms with van der Waals surface area (Å²) in [6, 6.07) is 0. The molecule has 0 aromatic carbocycles. The van der Waals surface area contributed by atoms with Crippen LogP contribution in [0, 0.1) is 6.92 Å². The molecule has 0 aliphatic carbocycles. The highest BCUT2D eigenvalue weighted by Crippen LogP contribution is 2.37. The Morgan fingerprint density at radius 3 is 2.67 bits per heavy atom. The van der Waals surface area contributed by atoms with Gasteiger partial charge in [0.2, 0.25) is 0 Å². The van der Waals surface area contributed by atoms with Gasteiger partial charge in [0.1, 0.15) is 9.75 Å². The summed E-state index contributed by atoms with van der Waals surface area (Å²) in [6.45, 7) is 5.58. The summed E-state index contributed by atoms with van der Waals surface area (Å²) in [7, 11) is 0. The Morgan fingerprint density at radius 1 is 1.60 bits per heavy atom. The summed E-state index contributed by atoms with van der Waals surface area (Å²) in [4.78, 5) is 11.2. The minimum Gasteiger partial charge on any atom is -0.480 e. The number of aromatic nitrogens is 2. The highest BCUT2D eigenvalue weighted by Gasteiger charge is 2.34. The van der Waals surface area contributed by atoms with Gasteiger partial charge in [0.05, 0.1) is 0 Å².